The molecule has 1 amide bonds. The lowest BCUT2D eigenvalue weighted by molar-refractivity contribution is -0.122. The normalized spacial score (nSPS) is 12.1. The van der Waals surface area contributed by atoms with Crippen molar-refractivity contribution in [3.8, 4) is 5.75 Å². The number of imidazole rings is 1. The van der Waals surface area contributed by atoms with Crippen molar-refractivity contribution in [1.82, 2.24) is 24.0 Å². The summed E-state index contributed by atoms with van der Waals surface area (Å²) in [6.07, 6.45) is 1.58. The summed E-state index contributed by atoms with van der Waals surface area (Å²) in [7, 11) is 1.57. The zero-order valence-electron chi connectivity index (χ0n) is 21.0. The maximum absolute atomic E-state index is 13.5. The smallest absolute Gasteiger partial charge is 0.333 e. The van der Waals surface area contributed by atoms with Gasteiger partial charge in [-0.1, -0.05) is 62.4 Å². The molecule has 2 aromatic carbocycles. The van der Waals surface area contributed by atoms with E-state index in [1.54, 1.807) is 18.0 Å². The molecule has 2 aromatic heterocycles. The van der Waals surface area contributed by atoms with Gasteiger partial charge in [-0.3, -0.25) is 14.2 Å². The number of benzene rings is 2. The Labute approximate surface area is 209 Å². The molecule has 4 rings (SSSR count). The Balaban J connectivity index is 1.73. The van der Waals surface area contributed by atoms with Crippen molar-refractivity contribution in [2.24, 2.45) is 5.92 Å². The molecule has 0 aliphatic carbocycles. The molecule has 0 aliphatic rings. The Bertz CT molecular complexity index is 1480. The molecule has 0 aliphatic heterocycles. The minimum atomic E-state index is -0.578. The van der Waals surface area contributed by atoms with Gasteiger partial charge in [0.2, 0.25) is 5.91 Å². The standard InChI is InChI=1S/C27H31N5O4/c1-18(2)14-30-17-28-25-24(30)26(34)32(27(35)31(25)15-20-10-6-5-7-11-20)16-23(33)29-19(3)21-12-8-9-13-22(21)36-4/h5-13,17-19H,14-16H2,1-4H3,(H,29,33). The van der Waals surface area contributed by atoms with E-state index >= 15 is 0 Å². The van der Waals surface area contributed by atoms with E-state index in [-0.39, 0.29) is 18.5 Å². The highest BCUT2D eigenvalue weighted by molar-refractivity contribution is 5.77. The molecular weight excluding hydrogens is 458 g/mol. The fourth-order valence-electron chi connectivity index (χ4n) is 4.35. The molecule has 36 heavy (non-hydrogen) atoms. The largest absolute Gasteiger partial charge is 0.496 e. The summed E-state index contributed by atoms with van der Waals surface area (Å²) < 4.78 is 9.60. The SMILES string of the molecule is COc1ccccc1C(C)NC(=O)Cn1c(=O)c2c(ncn2CC(C)C)n(Cc2ccccc2)c1=O. The molecule has 1 atom stereocenters. The first kappa shape index (κ1) is 25.0. The average Bonchev–Trinajstić information content (AvgIpc) is 3.27. The Morgan fingerprint density at radius 2 is 1.69 bits per heavy atom. The van der Waals surface area contributed by atoms with Gasteiger partial charge >= 0.3 is 5.69 Å². The number of methoxy groups -OCH3 is 1. The monoisotopic (exact) mass is 489 g/mol. The molecule has 1 unspecified atom stereocenters. The molecule has 1 N–H and O–H groups in total. The summed E-state index contributed by atoms with van der Waals surface area (Å²) in [6, 6.07) is 16.5. The first-order valence-corrected chi connectivity index (χ1v) is 11.9. The number of nitrogens with zero attached hydrogens (tertiary/aromatic N) is 4. The summed E-state index contributed by atoms with van der Waals surface area (Å²) in [5, 5.41) is 2.88. The second-order valence-corrected chi connectivity index (χ2v) is 9.24. The molecular formula is C27H31N5O4. The van der Waals surface area contributed by atoms with Crippen molar-refractivity contribution < 1.29 is 9.53 Å². The van der Waals surface area contributed by atoms with E-state index in [1.165, 1.54) is 4.57 Å². The molecule has 0 fully saturated rings. The fraction of sp³-hybridized carbons (Fsp3) is 0.333. The van der Waals surface area contributed by atoms with Gasteiger partial charge in [-0.2, -0.15) is 0 Å². The maximum Gasteiger partial charge on any atom is 0.333 e. The van der Waals surface area contributed by atoms with Gasteiger partial charge in [0.1, 0.15) is 12.3 Å². The summed E-state index contributed by atoms with van der Waals surface area (Å²) in [5.74, 6) is 0.453. The zero-order chi connectivity index (χ0) is 25.8. The zero-order valence-corrected chi connectivity index (χ0v) is 21.0. The number of carbonyl (C=O) groups is 1. The first-order valence-electron chi connectivity index (χ1n) is 11.9. The Kier molecular flexibility index (Phi) is 7.38. The van der Waals surface area contributed by atoms with Crippen LogP contribution in [0.25, 0.3) is 11.2 Å². The molecule has 0 spiro atoms. The Morgan fingerprint density at radius 3 is 2.39 bits per heavy atom. The van der Waals surface area contributed by atoms with Gasteiger partial charge in [0.15, 0.2) is 11.2 Å². The number of hydrogen-bond acceptors (Lipinski definition) is 5. The number of hydrogen-bond donors (Lipinski definition) is 1. The van der Waals surface area contributed by atoms with Crippen LogP contribution in [0.2, 0.25) is 0 Å². The number of rotatable bonds is 9. The topological polar surface area (TPSA) is 100 Å². The highest BCUT2D eigenvalue weighted by Gasteiger charge is 2.21. The van der Waals surface area contributed by atoms with Gasteiger partial charge < -0.3 is 14.6 Å². The van der Waals surface area contributed by atoms with Crippen molar-refractivity contribution in [2.45, 2.75) is 46.4 Å². The van der Waals surface area contributed by atoms with E-state index in [0.29, 0.717) is 23.5 Å². The van der Waals surface area contributed by atoms with E-state index in [9.17, 15) is 14.4 Å². The van der Waals surface area contributed by atoms with Gasteiger partial charge in [0.25, 0.3) is 5.56 Å². The third kappa shape index (κ3) is 5.10. The summed E-state index contributed by atoms with van der Waals surface area (Å²) in [5.41, 5.74) is 1.20. The molecule has 4 aromatic rings. The van der Waals surface area contributed by atoms with E-state index < -0.39 is 23.7 Å². The van der Waals surface area contributed by atoms with Gasteiger partial charge in [0.05, 0.1) is 26.0 Å². The van der Waals surface area contributed by atoms with E-state index in [2.05, 4.69) is 10.3 Å². The Morgan fingerprint density at radius 1 is 1.00 bits per heavy atom. The summed E-state index contributed by atoms with van der Waals surface area (Å²) in [4.78, 5) is 44.4. The van der Waals surface area contributed by atoms with E-state index in [0.717, 1.165) is 15.7 Å². The molecule has 9 nitrogen and oxygen atoms in total. The second-order valence-electron chi connectivity index (χ2n) is 9.24. The van der Waals surface area contributed by atoms with Crippen LogP contribution in [-0.4, -0.2) is 31.7 Å². The van der Waals surface area contributed by atoms with Crippen LogP contribution in [0.15, 0.2) is 70.5 Å². The van der Waals surface area contributed by atoms with Crippen LogP contribution in [0.1, 0.15) is 37.9 Å². The molecule has 188 valence electrons. The molecule has 9 heteroatoms. The lowest BCUT2D eigenvalue weighted by Crippen LogP contribution is -2.44. The fourth-order valence-corrected chi connectivity index (χ4v) is 4.35. The number of carbonyl (C=O) groups excluding carboxylic acids is 1. The minimum absolute atomic E-state index is 0.231. The maximum atomic E-state index is 13.5. The number of ether oxygens (including phenoxy) is 1. The number of para-hydroxylation sites is 1. The van der Waals surface area contributed by atoms with Gasteiger partial charge in [0, 0.05) is 12.1 Å². The number of fused-ring (bicyclic) bond motifs is 1. The van der Waals surface area contributed by atoms with Crippen LogP contribution in [0, 0.1) is 5.92 Å². The quantitative estimate of drug-likeness (QED) is 0.390. The lowest BCUT2D eigenvalue weighted by atomic mass is 10.1. The first-order chi connectivity index (χ1) is 17.3. The molecule has 0 radical (unpaired) electrons. The molecule has 0 bridgehead atoms. The highest BCUT2D eigenvalue weighted by atomic mass is 16.5. The van der Waals surface area contributed by atoms with Crippen molar-refractivity contribution in [3.05, 3.63) is 92.9 Å². The molecule has 2 heterocycles. The van der Waals surface area contributed by atoms with Crippen molar-refractivity contribution in [1.29, 1.82) is 0 Å². The number of nitrogens with one attached hydrogen (secondary N) is 1. The van der Waals surface area contributed by atoms with Gasteiger partial charge in [-0.05, 0) is 24.5 Å². The van der Waals surface area contributed by atoms with Crippen molar-refractivity contribution >= 4 is 17.1 Å². The van der Waals surface area contributed by atoms with Crippen LogP contribution in [0.4, 0.5) is 0 Å². The van der Waals surface area contributed by atoms with Crippen LogP contribution < -0.4 is 21.3 Å². The lowest BCUT2D eigenvalue weighted by Gasteiger charge is -2.18. The minimum Gasteiger partial charge on any atom is -0.496 e. The summed E-state index contributed by atoms with van der Waals surface area (Å²) >= 11 is 0. The molecule has 0 saturated carbocycles. The average molecular weight is 490 g/mol. The van der Waals surface area contributed by atoms with Crippen LogP contribution >= 0.6 is 0 Å². The van der Waals surface area contributed by atoms with Gasteiger partial charge in [-0.15, -0.1) is 0 Å². The van der Waals surface area contributed by atoms with Gasteiger partial charge in [-0.25, -0.2) is 14.3 Å². The van der Waals surface area contributed by atoms with E-state index in [1.807, 2.05) is 75.4 Å². The number of aromatic nitrogens is 4. The Hall–Kier alpha value is -4.14. The predicted molar refractivity (Wildman–Crippen MR) is 138 cm³/mol. The van der Waals surface area contributed by atoms with Crippen LogP contribution in [0.5, 0.6) is 5.75 Å². The van der Waals surface area contributed by atoms with E-state index in [4.69, 9.17) is 4.74 Å². The number of amides is 1. The van der Waals surface area contributed by atoms with Crippen molar-refractivity contribution in [2.75, 3.05) is 7.11 Å². The third-order valence-electron chi connectivity index (χ3n) is 6.01. The van der Waals surface area contributed by atoms with Crippen LogP contribution in [0.3, 0.4) is 0 Å². The second kappa shape index (κ2) is 10.6. The van der Waals surface area contributed by atoms with Crippen LogP contribution in [-0.2, 0) is 24.4 Å². The highest BCUT2D eigenvalue weighted by Crippen LogP contribution is 2.24. The van der Waals surface area contributed by atoms with Crippen molar-refractivity contribution in [3.63, 3.8) is 0 Å². The predicted octanol–water partition coefficient (Wildman–Crippen LogP) is 2.95. The summed E-state index contributed by atoms with van der Waals surface area (Å²) in [6.45, 7) is 6.29. The third-order valence-corrected chi connectivity index (χ3v) is 6.01. The molecule has 0 saturated heterocycles.